The second-order valence-corrected chi connectivity index (χ2v) is 5.47. The van der Waals surface area contributed by atoms with E-state index in [0.717, 1.165) is 19.3 Å². The highest BCUT2D eigenvalue weighted by Crippen LogP contribution is 2.17. The molecule has 1 aliphatic heterocycles. The Hall–Kier alpha value is -1.72. The fourth-order valence-electron chi connectivity index (χ4n) is 2.47. The van der Waals surface area contributed by atoms with Gasteiger partial charge in [0.2, 0.25) is 5.91 Å². The molecule has 0 unspecified atom stereocenters. The van der Waals surface area contributed by atoms with Crippen LogP contribution < -0.4 is 0 Å². The number of oxime groups is 1. The molecule has 0 aromatic carbocycles. The molecule has 1 amide bonds. The second-order valence-electron chi connectivity index (χ2n) is 5.47. The zero-order valence-electron chi connectivity index (χ0n) is 13.8. The molecule has 0 aliphatic carbocycles. The minimum atomic E-state index is -0.846. The molecule has 1 aliphatic rings. The summed E-state index contributed by atoms with van der Waals surface area (Å²) in [6.45, 7) is 6.13. The van der Waals surface area contributed by atoms with Crippen LogP contribution in [-0.4, -0.2) is 47.8 Å². The van der Waals surface area contributed by atoms with Gasteiger partial charge in [-0.3, -0.25) is 14.4 Å². The minimum Gasteiger partial charge on any atom is -0.396 e. The van der Waals surface area contributed by atoms with Gasteiger partial charge in [0.05, 0.1) is 18.8 Å². The van der Waals surface area contributed by atoms with Crippen molar-refractivity contribution in [2.75, 3.05) is 19.7 Å². The molecule has 0 spiro atoms. The Bertz CT molecular complexity index is 427. The van der Waals surface area contributed by atoms with Crippen molar-refractivity contribution in [2.45, 2.75) is 52.9 Å². The van der Waals surface area contributed by atoms with Gasteiger partial charge in [-0.25, -0.2) is 0 Å². The number of Topliss-reactive ketones (excluding diaryl/α,β-unsaturated/α-hetero) is 2. The van der Waals surface area contributed by atoms with Crippen LogP contribution in [0.2, 0.25) is 0 Å². The van der Waals surface area contributed by atoms with Crippen molar-refractivity contribution in [3.63, 3.8) is 0 Å². The van der Waals surface area contributed by atoms with Crippen LogP contribution in [0.5, 0.6) is 0 Å². The first kappa shape index (κ1) is 18.3. The van der Waals surface area contributed by atoms with Crippen LogP contribution in [-0.2, 0) is 19.2 Å². The van der Waals surface area contributed by atoms with Crippen molar-refractivity contribution in [1.82, 2.24) is 4.90 Å². The third-order valence-corrected chi connectivity index (χ3v) is 3.58. The van der Waals surface area contributed by atoms with Gasteiger partial charge in [0.1, 0.15) is 12.5 Å². The van der Waals surface area contributed by atoms with Gasteiger partial charge in [-0.2, -0.15) is 0 Å². The summed E-state index contributed by atoms with van der Waals surface area (Å²) in [5.74, 6) is -1.48. The normalized spacial score (nSPS) is 17.0. The molecular weight excluding hydrogens is 284 g/mol. The van der Waals surface area contributed by atoms with Crippen molar-refractivity contribution >= 4 is 23.2 Å². The number of ketones is 2. The van der Waals surface area contributed by atoms with Gasteiger partial charge in [0, 0.05) is 6.42 Å². The zero-order valence-corrected chi connectivity index (χ0v) is 13.8. The van der Waals surface area contributed by atoms with Crippen LogP contribution in [0.1, 0.15) is 52.9 Å². The van der Waals surface area contributed by atoms with Crippen molar-refractivity contribution in [3.8, 4) is 0 Å². The first-order valence-corrected chi connectivity index (χ1v) is 8.06. The number of amides is 1. The van der Waals surface area contributed by atoms with Crippen molar-refractivity contribution in [1.29, 1.82) is 0 Å². The van der Waals surface area contributed by atoms with E-state index in [4.69, 9.17) is 4.84 Å². The molecular formula is C16H26N2O4. The number of piperidine rings is 1. The summed E-state index contributed by atoms with van der Waals surface area (Å²) in [6, 6.07) is 0. The minimum absolute atomic E-state index is 0.00614. The van der Waals surface area contributed by atoms with Gasteiger partial charge in [-0.15, -0.1) is 0 Å². The molecule has 0 aromatic heterocycles. The number of unbranched alkanes of at least 4 members (excludes halogenated alkanes) is 1. The van der Waals surface area contributed by atoms with Crippen LogP contribution in [0.25, 0.3) is 0 Å². The number of carbonyl (C=O) groups is 3. The van der Waals surface area contributed by atoms with Crippen LogP contribution in [0.4, 0.5) is 0 Å². The Morgan fingerprint density at radius 1 is 1.14 bits per heavy atom. The van der Waals surface area contributed by atoms with Crippen molar-refractivity contribution < 1.29 is 19.2 Å². The lowest BCUT2D eigenvalue weighted by Gasteiger charge is -2.30. The second kappa shape index (κ2) is 9.33. The Morgan fingerprint density at radius 3 is 2.27 bits per heavy atom. The predicted molar refractivity (Wildman–Crippen MR) is 83.6 cm³/mol. The highest BCUT2D eigenvalue weighted by Gasteiger charge is 2.39. The number of carbonyl (C=O) groups excluding carboxylic acids is 3. The molecule has 0 radical (unpaired) electrons. The number of hydrogen-bond acceptors (Lipinski definition) is 5. The molecule has 1 rings (SSSR count). The lowest BCUT2D eigenvalue weighted by atomic mass is 9.87. The molecule has 1 fully saturated rings. The number of rotatable bonds is 8. The Morgan fingerprint density at radius 2 is 1.77 bits per heavy atom. The first-order valence-electron chi connectivity index (χ1n) is 8.06. The van der Waals surface area contributed by atoms with Crippen LogP contribution >= 0.6 is 0 Å². The SMILES string of the molecule is CCCCC(=O)N1CC(=O)C(C(CCC)=NOCC)C(=O)C1. The van der Waals surface area contributed by atoms with E-state index in [9.17, 15) is 14.4 Å². The van der Waals surface area contributed by atoms with Crippen LogP contribution in [0.15, 0.2) is 5.16 Å². The summed E-state index contributed by atoms with van der Waals surface area (Å²) in [5.41, 5.74) is 0.486. The van der Waals surface area contributed by atoms with E-state index in [1.54, 1.807) is 6.92 Å². The van der Waals surface area contributed by atoms with Crippen LogP contribution in [0.3, 0.4) is 0 Å². The van der Waals surface area contributed by atoms with E-state index in [1.807, 2.05) is 13.8 Å². The summed E-state index contributed by atoms with van der Waals surface area (Å²) in [7, 11) is 0. The molecule has 0 atom stereocenters. The third kappa shape index (κ3) is 4.93. The van der Waals surface area contributed by atoms with E-state index in [1.165, 1.54) is 4.90 Å². The fourth-order valence-corrected chi connectivity index (χ4v) is 2.47. The van der Waals surface area contributed by atoms with E-state index in [0.29, 0.717) is 25.2 Å². The molecule has 124 valence electrons. The maximum atomic E-state index is 12.3. The molecule has 0 aromatic rings. The molecule has 0 N–H and O–H groups in total. The molecule has 1 heterocycles. The van der Waals surface area contributed by atoms with Gasteiger partial charge in [-0.05, 0) is 19.8 Å². The van der Waals surface area contributed by atoms with E-state index in [2.05, 4.69) is 5.16 Å². The monoisotopic (exact) mass is 310 g/mol. The molecule has 0 bridgehead atoms. The number of hydrogen-bond donors (Lipinski definition) is 0. The van der Waals surface area contributed by atoms with Gasteiger partial charge in [0.25, 0.3) is 0 Å². The average molecular weight is 310 g/mol. The zero-order chi connectivity index (χ0) is 16.5. The van der Waals surface area contributed by atoms with Gasteiger partial charge in [-0.1, -0.05) is 31.8 Å². The standard InChI is InChI=1S/C16H26N2O4/c1-4-7-9-15(21)18-10-13(19)16(14(20)11-18)12(8-5-2)17-22-6-3/h16H,4-11H2,1-3H3. The van der Waals surface area contributed by atoms with E-state index < -0.39 is 5.92 Å². The highest BCUT2D eigenvalue weighted by atomic mass is 16.6. The van der Waals surface area contributed by atoms with Crippen molar-refractivity contribution in [2.24, 2.45) is 11.1 Å². The number of likely N-dealkylation sites (tertiary alicyclic amines) is 1. The Labute approximate surface area is 131 Å². The summed E-state index contributed by atoms with van der Waals surface area (Å²) in [6.07, 6.45) is 3.39. The predicted octanol–water partition coefficient (Wildman–Crippen LogP) is 1.97. The molecule has 22 heavy (non-hydrogen) atoms. The molecule has 6 heteroatoms. The van der Waals surface area contributed by atoms with Crippen LogP contribution in [0, 0.1) is 5.92 Å². The Balaban J connectivity index is 2.79. The lowest BCUT2D eigenvalue weighted by molar-refractivity contribution is -0.145. The van der Waals surface area contributed by atoms with Crippen molar-refractivity contribution in [3.05, 3.63) is 0 Å². The van der Waals surface area contributed by atoms with Gasteiger partial charge >= 0.3 is 0 Å². The summed E-state index contributed by atoms with van der Waals surface area (Å²) in [5, 5.41) is 3.95. The fraction of sp³-hybridized carbons (Fsp3) is 0.750. The maximum absolute atomic E-state index is 12.3. The first-order chi connectivity index (χ1) is 10.5. The quantitative estimate of drug-likeness (QED) is 0.390. The summed E-state index contributed by atoms with van der Waals surface area (Å²) < 4.78 is 0. The Kier molecular flexibility index (Phi) is 7.77. The largest absolute Gasteiger partial charge is 0.396 e. The van der Waals surface area contributed by atoms with E-state index >= 15 is 0 Å². The number of nitrogens with zero attached hydrogens (tertiary/aromatic N) is 2. The van der Waals surface area contributed by atoms with Gasteiger partial charge in [0.15, 0.2) is 11.6 Å². The molecule has 6 nitrogen and oxygen atoms in total. The van der Waals surface area contributed by atoms with E-state index in [-0.39, 0.29) is 30.6 Å². The molecule has 0 saturated carbocycles. The lowest BCUT2D eigenvalue weighted by Crippen LogP contribution is -2.52. The smallest absolute Gasteiger partial charge is 0.223 e. The highest BCUT2D eigenvalue weighted by molar-refractivity contribution is 6.23. The molecule has 1 saturated heterocycles. The summed E-state index contributed by atoms with van der Waals surface area (Å²) in [4.78, 5) is 43.0. The topological polar surface area (TPSA) is 76.0 Å². The average Bonchev–Trinajstić information content (AvgIpc) is 2.49. The maximum Gasteiger partial charge on any atom is 0.223 e. The summed E-state index contributed by atoms with van der Waals surface area (Å²) >= 11 is 0. The van der Waals surface area contributed by atoms with Gasteiger partial charge < -0.3 is 9.74 Å². The third-order valence-electron chi connectivity index (χ3n) is 3.58.